The number of ether oxygens (including phenoxy) is 1. The molecule has 5 heteroatoms. The van der Waals surface area contributed by atoms with E-state index in [0.29, 0.717) is 0 Å². The SMILES string of the molecule is COC(=O)c1cc(C=CCCS)cnc1N. The van der Waals surface area contributed by atoms with E-state index < -0.39 is 5.97 Å². The van der Waals surface area contributed by atoms with Gasteiger partial charge in [-0.15, -0.1) is 0 Å². The summed E-state index contributed by atoms with van der Waals surface area (Å²) in [5.74, 6) is 0.482. The van der Waals surface area contributed by atoms with Crippen LogP contribution in [0.15, 0.2) is 18.3 Å². The van der Waals surface area contributed by atoms with Crippen molar-refractivity contribution in [2.45, 2.75) is 6.42 Å². The van der Waals surface area contributed by atoms with E-state index in [2.05, 4.69) is 22.3 Å². The molecule has 16 heavy (non-hydrogen) atoms. The minimum Gasteiger partial charge on any atom is -0.465 e. The van der Waals surface area contributed by atoms with Crippen LogP contribution in [0.25, 0.3) is 6.08 Å². The van der Waals surface area contributed by atoms with Crippen molar-refractivity contribution in [2.24, 2.45) is 0 Å². The quantitative estimate of drug-likeness (QED) is 0.620. The molecular weight excluding hydrogens is 224 g/mol. The molecule has 1 aromatic rings. The third-order valence-electron chi connectivity index (χ3n) is 1.95. The van der Waals surface area contributed by atoms with Crippen LogP contribution in [0.2, 0.25) is 0 Å². The van der Waals surface area contributed by atoms with E-state index in [-0.39, 0.29) is 11.4 Å². The van der Waals surface area contributed by atoms with Crippen LogP contribution < -0.4 is 5.73 Å². The van der Waals surface area contributed by atoms with Crippen molar-refractivity contribution in [1.29, 1.82) is 0 Å². The van der Waals surface area contributed by atoms with Gasteiger partial charge < -0.3 is 10.5 Å². The third-order valence-corrected chi connectivity index (χ3v) is 2.21. The fraction of sp³-hybridized carbons (Fsp3) is 0.273. The minimum absolute atomic E-state index is 0.179. The zero-order valence-electron chi connectivity index (χ0n) is 9.01. The van der Waals surface area contributed by atoms with Crippen molar-refractivity contribution in [1.82, 2.24) is 4.98 Å². The molecular formula is C11H14N2O2S. The molecule has 0 aromatic carbocycles. The molecule has 0 atom stereocenters. The molecule has 2 N–H and O–H groups in total. The van der Waals surface area contributed by atoms with Crippen molar-refractivity contribution in [3.8, 4) is 0 Å². The molecule has 1 rings (SSSR count). The van der Waals surface area contributed by atoms with Gasteiger partial charge in [-0.05, 0) is 23.8 Å². The van der Waals surface area contributed by atoms with Gasteiger partial charge in [0.25, 0.3) is 0 Å². The summed E-state index contributed by atoms with van der Waals surface area (Å²) in [6, 6.07) is 1.66. The minimum atomic E-state index is -0.477. The second kappa shape index (κ2) is 6.17. The van der Waals surface area contributed by atoms with Gasteiger partial charge in [-0.3, -0.25) is 0 Å². The Morgan fingerprint density at radius 1 is 1.69 bits per heavy atom. The molecule has 86 valence electrons. The van der Waals surface area contributed by atoms with Gasteiger partial charge in [-0.25, -0.2) is 9.78 Å². The number of aromatic nitrogens is 1. The Bertz CT molecular complexity index is 405. The van der Waals surface area contributed by atoms with Crippen molar-refractivity contribution in [3.05, 3.63) is 29.5 Å². The van der Waals surface area contributed by atoms with Crippen LogP contribution in [-0.4, -0.2) is 23.8 Å². The van der Waals surface area contributed by atoms with Gasteiger partial charge >= 0.3 is 5.97 Å². The Morgan fingerprint density at radius 2 is 2.44 bits per heavy atom. The predicted molar refractivity (Wildman–Crippen MR) is 67.5 cm³/mol. The second-order valence-electron chi connectivity index (χ2n) is 3.11. The van der Waals surface area contributed by atoms with E-state index in [4.69, 9.17) is 5.73 Å². The lowest BCUT2D eigenvalue weighted by Gasteiger charge is -2.03. The Morgan fingerprint density at radius 3 is 3.06 bits per heavy atom. The summed E-state index contributed by atoms with van der Waals surface area (Å²) in [5.41, 5.74) is 6.68. The molecule has 0 spiro atoms. The monoisotopic (exact) mass is 238 g/mol. The molecule has 1 heterocycles. The van der Waals surface area contributed by atoms with Crippen molar-refractivity contribution < 1.29 is 9.53 Å². The van der Waals surface area contributed by atoms with E-state index in [9.17, 15) is 4.79 Å². The zero-order chi connectivity index (χ0) is 12.0. The topological polar surface area (TPSA) is 65.2 Å². The van der Waals surface area contributed by atoms with Crippen molar-refractivity contribution in [3.63, 3.8) is 0 Å². The van der Waals surface area contributed by atoms with E-state index in [1.165, 1.54) is 7.11 Å². The highest BCUT2D eigenvalue weighted by atomic mass is 32.1. The van der Waals surface area contributed by atoms with Gasteiger partial charge in [0.05, 0.1) is 7.11 Å². The number of hydrogen-bond donors (Lipinski definition) is 2. The van der Waals surface area contributed by atoms with Gasteiger partial charge in [0.2, 0.25) is 0 Å². The number of nitrogens with two attached hydrogens (primary N) is 1. The first-order valence-corrected chi connectivity index (χ1v) is 5.43. The summed E-state index contributed by atoms with van der Waals surface area (Å²) >= 11 is 4.09. The number of carbonyl (C=O) groups excluding carboxylic acids is 1. The number of thiol groups is 1. The summed E-state index contributed by atoms with van der Waals surface area (Å²) in [6.45, 7) is 0. The molecule has 0 saturated carbocycles. The normalized spacial score (nSPS) is 10.6. The summed E-state index contributed by atoms with van der Waals surface area (Å²) < 4.78 is 4.60. The van der Waals surface area contributed by atoms with Crippen molar-refractivity contribution in [2.75, 3.05) is 18.6 Å². The molecule has 0 fully saturated rings. The highest BCUT2D eigenvalue weighted by Crippen LogP contribution is 2.13. The number of carbonyl (C=O) groups is 1. The Kier molecular flexibility index (Phi) is 4.85. The summed E-state index contributed by atoms with van der Waals surface area (Å²) in [4.78, 5) is 15.3. The van der Waals surface area contributed by atoms with Crippen LogP contribution in [-0.2, 0) is 4.74 Å². The number of nitrogen functional groups attached to an aromatic ring is 1. The first-order chi connectivity index (χ1) is 7.69. The maximum Gasteiger partial charge on any atom is 0.341 e. The summed E-state index contributed by atoms with van der Waals surface area (Å²) in [7, 11) is 1.31. The number of methoxy groups -OCH3 is 1. The molecule has 0 saturated heterocycles. The standard InChI is InChI=1S/C11H14N2O2S/c1-15-11(14)9-6-8(4-2-3-5-16)7-13-10(9)12/h2,4,6-7,16H,3,5H2,1H3,(H2,12,13). The van der Waals surface area contributed by atoms with E-state index in [1.807, 2.05) is 12.2 Å². The number of esters is 1. The van der Waals surface area contributed by atoms with E-state index >= 15 is 0 Å². The molecule has 0 aliphatic rings. The van der Waals surface area contributed by atoms with Crippen LogP contribution in [0, 0.1) is 0 Å². The molecule has 0 radical (unpaired) electrons. The fourth-order valence-corrected chi connectivity index (χ4v) is 1.30. The third kappa shape index (κ3) is 3.27. The maximum absolute atomic E-state index is 11.3. The number of anilines is 1. The van der Waals surface area contributed by atoms with Gasteiger partial charge in [0.1, 0.15) is 11.4 Å². The second-order valence-corrected chi connectivity index (χ2v) is 3.55. The molecule has 4 nitrogen and oxygen atoms in total. The molecule has 1 aromatic heterocycles. The van der Waals surface area contributed by atoms with Crippen LogP contribution in [0.5, 0.6) is 0 Å². The number of rotatable bonds is 4. The molecule has 0 amide bonds. The average Bonchev–Trinajstić information content (AvgIpc) is 2.30. The molecule has 0 unspecified atom stereocenters. The van der Waals surface area contributed by atoms with Gasteiger partial charge in [0, 0.05) is 6.20 Å². The lowest BCUT2D eigenvalue weighted by molar-refractivity contribution is 0.0601. The van der Waals surface area contributed by atoms with Crippen molar-refractivity contribution >= 4 is 30.5 Å². The van der Waals surface area contributed by atoms with E-state index in [0.717, 1.165) is 17.7 Å². The Balaban J connectivity index is 2.93. The summed E-state index contributed by atoms with van der Waals surface area (Å²) in [6.07, 6.45) is 6.30. The van der Waals surface area contributed by atoms with Gasteiger partial charge in [-0.1, -0.05) is 12.2 Å². The van der Waals surface area contributed by atoms with Crippen LogP contribution in [0.4, 0.5) is 5.82 Å². The Labute approximate surface area is 99.9 Å². The first kappa shape index (κ1) is 12.6. The van der Waals surface area contributed by atoms with Gasteiger partial charge in [0.15, 0.2) is 0 Å². The average molecular weight is 238 g/mol. The van der Waals surface area contributed by atoms with Crippen LogP contribution >= 0.6 is 12.6 Å². The predicted octanol–water partition coefficient (Wildman–Crippen LogP) is 1.78. The fourth-order valence-electron chi connectivity index (χ4n) is 1.15. The first-order valence-electron chi connectivity index (χ1n) is 4.80. The summed E-state index contributed by atoms with van der Waals surface area (Å²) in [5, 5.41) is 0. The lowest BCUT2D eigenvalue weighted by atomic mass is 10.1. The smallest absolute Gasteiger partial charge is 0.341 e. The van der Waals surface area contributed by atoms with Crippen LogP contribution in [0.1, 0.15) is 22.3 Å². The zero-order valence-corrected chi connectivity index (χ0v) is 9.91. The lowest BCUT2D eigenvalue weighted by Crippen LogP contribution is -2.07. The largest absolute Gasteiger partial charge is 0.465 e. The number of nitrogens with zero attached hydrogens (tertiary/aromatic N) is 1. The van der Waals surface area contributed by atoms with Crippen LogP contribution in [0.3, 0.4) is 0 Å². The number of hydrogen-bond acceptors (Lipinski definition) is 5. The number of allylic oxidation sites excluding steroid dienone is 1. The highest BCUT2D eigenvalue weighted by molar-refractivity contribution is 7.80. The van der Waals surface area contributed by atoms with Gasteiger partial charge in [-0.2, -0.15) is 12.6 Å². The molecule has 0 aliphatic heterocycles. The molecule has 0 aliphatic carbocycles. The molecule has 0 bridgehead atoms. The maximum atomic E-state index is 11.3. The number of pyridine rings is 1. The van der Waals surface area contributed by atoms with E-state index in [1.54, 1.807) is 12.3 Å². The highest BCUT2D eigenvalue weighted by Gasteiger charge is 2.10. The Hall–Kier alpha value is -1.49.